The number of nitrogens with one attached hydrogen (secondary N) is 2. The third-order valence-corrected chi connectivity index (χ3v) is 3.39. The van der Waals surface area contributed by atoms with E-state index in [9.17, 15) is 4.79 Å². The SMILES string of the molecule is CNCC(C)C(=O)NC(C)c1noc(Cc2ccccc2)n1.Cl. The molecule has 0 spiro atoms. The first-order valence-corrected chi connectivity index (χ1v) is 7.41. The molecule has 7 heteroatoms. The Morgan fingerprint density at radius 3 is 2.61 bits per heavy atom. The largest absolute Gasteiger partial charge is 0.346 e. The van der Waals surface area contributed by atoms with Gasteiger partial charge >= 0.3 is 0 Å². The lowest BCUT2D eigenvalue weighted by Gasteiger charge is -2.14. The molecular formula is C16H23ClN4O2. The maximum absolute atomic E-state index is 12.0. The van der Waals surface area contributed by atoms with E-state index in [4.69, 9.17) is 4.52 Å². The van der Waals surface area contributed by atoms with Crippen LogP contribution >= 0.6 is 12.4 Å². The first-order valence-electron chi connectivity index (χ1n) is 7.41. The zero-order valence-electron chi connectivity index (χ0n) is 13.6. The Hall–Kier alpha value is -1.92. The van der Waals surface area contributed by atoms with Gasteiger partial charge < -0.3 is 15.2 Å². The van der Waals surface area contributed by atoms with Gasteiger partial charge in [0.15, 0.2) is 5.82 Å². The molecule has 2 N–H and O–H groups in total. The molecule has 0 aliphatic heterocycles. The lowest BCUT2D eigenvalue weighted by atomic mass is 10.1. The van der Waals surface area contributed by atoms with E-state index in [1.807, 2.05) is 51.2 Å². The summed E-state index contributed by atoms with van der Waals surface area (Å²) in [6.45, 7) is 4.35. The zero-order valence-corrected chi connectivity index (χ0v) is 14.4. The number of amides is 1. The molecule has 23 heavy (non-hydrogen) atoms. The Kier molecular flexibility index (Phi) is 7.71. The third kappa shape index (κ3) is 5.65. The molecule has 2 aromatic rings. The van der Waals surface area contributed by atoms with Crippen LogP contribution in [-0.4, -0.2) is 29.6 Å². The fourth-order valence-corrected chi connectivity index (χ4v) is 2.11. The van der Waals surface area contributed by atoms with Crippen LogP contribution in [0.2, 0.25) is 0 Å². The Balaban J connectivity index is 0.00000264. The van der Waals surface area contributed by atoms with E-state index in [-0.39, 0.29) is 30.3 Å². The Bertz CT molecular complexity index is 603. The summed E-state index contributed by atoms with van der Waals surface area (Å²) in [5.74, 6) is 0.904. The molecule has 1 amide bonds. The van der Waals surface area contributed by atoms with Gasteiger partial charge in [0, 0.05) is 12.5 Å². The molecule has 6 nitrogen and oxygen atoms in total. The molecular weight excluding hydrogens is 316 g/mol. The van der Waals surface area contributed by atoms with Crippen LogP contribution in [0.3, 0.4) is 0 Å². The molecule has 1 heterocycles. The van der Waals surface area contributed by atoms with Gasteiger partial charge in [0.05, 0.1) is 12.5 Å². The second-order valence-electron chi connectivity index (χ2n) is 5.40. The van der Waals surface area contributed by atoms with Crippen molar-refractivity contribution in [3.8, 4) is 0 Å². The summed E-state index contributed by atoms with van der Waals surface area (Å²) in [6.07, 6.45) is 0.588. The van der Waals surface area contributed by atoms with Gasteiger partial charge in [-0.05, 0) is 19.5 Å². The molecule has 0 radical (unpaired) electrons. The number of aromatic nitrogens is 2. The summed E-state index contributed by atoms with van der Waals surface area (Å²) in [5, 5.41) is 9.83. The number of hydrogen-bond donors (Lipinski definition) is 2. The molecule has 0 saturated carbocycles. The van der Waals surface area contributed by atoms with E-state index in [0.717, 1.165) is 5.56 Å². The summed E-state index contributed by atoms with van der Waals surface area (Å²) in [6, 6.07) is 9.65. The molecule has 0 bridgehead atoms. The first kappa shape index (κ1) is 19.1. The van der Waals surface area contributed by atoms with Gasteiger partial charge in [-0.3, -0.25) is 4.79 Å². The smallest absolute Gasteiger partial charge is 0.231 e. The highest BCUT2D eigenvalue weighted by Crippen LogP contribution is 2.12. The van der Waals surface area contributed by atoms with E-state index >= 15 is 0 Å². The molecule has 1 aromatic heterocycles. The number of carbonyl (C=O) groups excluding carboxylic acids is 1. The van der Waals surface area contributed by atoms with E-state index in [1.165, 1.54) is 0 Å². The van der Waals surface area contributed by atoms with Crippen molar-refractivity contribution >= 4 is 18.3 Å². The van der Waals surface area contributed by atoms with Crippen LogP contribution in [0.5, 0.6) is 0 Å². The van der Waals surface area contributed by atoms with Crippen LogP contribution < -0.4 is 10.6 Å². The lowest BCUT2D eigenvalue weighted by Crippen LogP contribution is -2.36. The number of carbonyl (C=O) groups is 1. The van der Waals surface area contributed by atoms with E-state index in [1.54, 1.807) is 0 Å². The van der Waals surface area contributed by atoms with Gasteiger partial charge in [-0.25, -0.2) is 0 Å². The van der Waals surface area contributed by atoms with Crippen molar-refractivity contribution in [2.45, 2.75) is 26.3 Å². The molecule has 0 aliphatic rings. The second kappa shape index (κ2) is 9.27. The number of nitrogens with zero attached hydrogens (tertiary/aromatic N) is 2. The van der Waals surface area contributed by atoms with Gasteiger partial charge in [-0.15, -0.1) is 12.4 Å². The second-order valence-corrected chi connectivity index (χ2v) is 5.40. The number of hydrogen-bond acceptors (Lipinski definition) is 5. The number of benzene rings is 1. The third-order valence-electron chi connectivity index (χ3n) is 3.39. The first-order chi connectivity index (χ1) is 10.6. The monoisotopic (exact) mass is 338 g/mol. The van der Waals surface area contributed by atoms with Crippen LogP contribution in [0.25, 0.3) is 0 Å². The topological polar surface area (TPSA) is 80.0 Å². The molecule has 2 unspecified atom stereocenters. The Morgan fingerprint density at radius 2 is 1.96 bits per heavy atom. The van der Waals surface area contributed by atoms with Gasteiger partial charge in [0.25, 0.3) is 0 Å². The molecule has 0 saturated heterocycles. The van der Waals surface area contributed by atoms with Gasteiger partial charge in [0.2, 0.25) is 11.8 Å². The van der Waals surface area contributed by atoms with Crippen molar-refractivity contribution in [3.63, 3.8) is 0 Å². The van der Waals surface area contributed by atoms with Crippen molar-refractivity contribution in [3.05, 3.63) is 47.6 Å². The highest BCUT2D eigenvalue weighted by Gasteiger charge is 2.19. The zero-order chi connectivity index (χ0) is 15.9. The summed E-state index contributed by atoms with van der Waals surface area (Å²) in [7, 11) is 1.82. The van der Waals surface area contributed by atoms with Crippen LogP contribution in [-0.2, 0) is 11.2 Å². The molecule has 126 valence electrons. The van der Waals surface area contributed by atoms with E-state index in [2.05, 4.69) is 20.8 Å². The Morgan fingerprint density at radius 1 is 1.26 bits per heavy atom. The average Bonchev–Trinajstić information content (AvgIpc) is 2.97. The summed E-state index contributed by atoms with van der Waals surface area (Å²) < 4.78 is 5.25. The van der Waals surface area contributed by atoms with Gasteiger partial charge in [-0.1, -0.05) is 42.4 Å². The van der Waals surface area contributed by atoms with Crippen molar-refractivity contribution in [1.82, 2.24) is 20.8 Å². The predicted octanol–water partition coefficient (Wildman–Crippen LogP) is 2.11. The predicted molar refractivity (Wildman–Crippen MR) is 90.4 cm³/mol. The van der Waals surface area contributed by atoms with Gasteiger partial charge in [0.1, 0.15) is 0 Å². The van der Waals surface area contributed by atoms with Crippen molar-refractivity contribution in [2.24, 2.45) is 5.92 Å². The average molecular weight is 339 g/mol. The highest BCUT2D eigenvalue weighted by molar-refractivity contribution is 5.85. The summed E-state index contributed by atoms with van der Waals surface area (Å²) >= 11 is 0. The minimum absolute atomic E-state index is 0. The van der Waals surface area contributed by atoms with Crippen molar-refractivity contribution in [2.75, 3.05) is 13.6 Å². The lowest BCUT2D eigenvalue weighted by molar-refractivity contribution is -0.125. The fraction of sp³-hybridized carbons (Fsp3) is 0.438. The highest BCUT2D eigenvalue weighted by atomic mass is 35.5. The van der Waals surface area contributed by atoms with E-state index < -0.39 is 0 Å². The van der Waals surface area contributed by atoms with Crippen molar-refractivity contribution < 1.29 is 9.32 Å². The minimum atomic E-state index is -0.278. The molecule has 0 fully saturated rings. The quantitative estimate of drug-likeness (QED) is 0.808. The van der Waals surface area contributed by atoms with Crippen LogP contribution in [0.1, 0.15) is 37.2 Å². The van der Waals surface area contributed by atoms with E-state index in [0.29, 0.717) is 24.7 Å². The van der Waals surface area contributed by atoms with Crippen LogP contribution in [0, 0.1) is 5.92 Å². The number of halogens is 1. The minimum Gasteiger partial charge on any atom is -0.346 e. The summed E-state index contributed by atoms with van der Waals surface area (Å²) in [4.78, 5) is 16.3. The van der Waals surface area contributed by atoms with Crippen LogP contribution in [0.4, 0.5) is 0 Å². The molecule has 1 aromatic carbocycles. The van der Waals surface area contributed by atoms with Crippen LogP contribution in [0.15, 0.2) is 34.9 Å². The summed E-state index contributed by atoms with van der Waals surface area (Å²) in [5.41, 5.74) is 1.11. The maximum atomic E-state index is 12.0. The van der Waals surface area contributed by atoms with Crippen molar-refractivity contribution in [1.29, 1.82) is 0 Å². The fourth-order valence-electron chi connectivity index (χ4n) is 2.11. The molecule has 2 rings (SSSR count). The van der Waals surface area contributed by atoms with Gasteiger partial charge in [-0.2, -0.15) is 4.98 Å². The normalized spacial score (nSPS) is 13.0. The number of rotatable bonds is 7. The molecule has 2 atom stereocenters. The Labute approximate surface area is 142 Å². The maximum Gasteiger partial charge on any atom is 0.231 e. The molecule has 0 aliphatic carbocycles. The standard InChI is InChI=1S/C16H22N4O2.ClH/c1-11(10-17-3)16(21)18-12(2)15-19-14(22-20-15)9-13-7-5-4-6-8-13;/h4-8,11-12,17H,9-10H2,1-3H3,(H,18,21);1H.